The highest BCUT2D eigenvalue weighted by atomic mass is 16.5. The average molecular weight is 140 g/mol. The molecule has 1 unspecified atom stereocenters. The summed E-state index contributed by atoms with van der Waals surface area (Å²) >= 11 is 0. The van der Waals surface area contributed by atoms with Crippen LogP contribution in [0.3, 0.4) is 0 Å². The number of hydrogen-bond donors (Lipinski definition) is 0. The Labute approximate surface area is 61.2 Å². The van der Waals surface area contributed by atoms with E-state index in [0.717, 1.165) is 13.0 Å². The van der Waals surface area contributed by atoms with Gasteiger partial charge in [0.05, 0.1) is 0 Å². The summed E-state index contributed by atoms with van der Waals surface area (Å²) in [6, 6.07) is 0. The third-order valence-electron chi connectivity index (χ3n) is 1.89. The molecule has 10 heavy (non-hydrogen) atoms. The molecule has 0 amide bonds. The monoisotopic (exact) mass is 140 g/mol. The summed E-state index contributed by atoms with van der Waals surface area (Å²) in [5.74, 6) is 0. The molecule has 1 fully saturated rings. The molecule has 1 aliphatic rings. The van der Waals surface area contributed by atoms with Crippen molar-refractivity contribution in [1.82, 2.24) is 4.90 Å². The van der Waals surface area contributed by atoms with Crippen molar-refractivity contribution in [2.24, 2.45) is 0 Å². The van der Waals surface area contributed by atoms with Crippen molar-refractivity contribution in [3.8, 4) is 6.26 Å². The molecule has 0 aromatic rings. The van der Waals surface area contributed by atoms with Crippen molar-refractivity contribution in [3.63, 3.8) is 0 Å². The normalized spacial score (nSPS) is 27.4. The van der Waals surface area contributed by atoms with Crippen LogP contribution in [0.1, 0.15) is 19.3 Å². The van der Waals surface area contributed by atoms with Gasteiger partial charge in [-0.25, -0.2) is 0 Å². The van der Waals surface area contributed by atoms with Gasteiger partial charge in [0.2, 0.25) is 0 Å². The molecule has 0 spiro atoms. The fourth-order valence-corrected chi connectivity index (χ4v) is 1.25. The maximum atomic E-state index is 8.24. The van der Waals surface area contributed by atoms with Gasteiger partial charge < -0.3 is 4.74 Å². The van der Waals surface area contributed by atoms with Crippen molar-refractivity contribution in [2.45, 2.75) is 25.5 Å². The fourth-order valence-electron chi connectivity index (χ4n) is 1.25. The molecule has 0 bridgehead atoms. The molecule has 1 aliphatic heterocycles. The molecule has 0 aliphatic carbocycles. The number of likely N-dealkylation sites (tertiary alicyclic amines) is 1. The maximum absolute atomic E-state index is 8.24. The number of rotatable bonds is 1. The Morgan fingerprint density at radius 1 is 1.60 bits per heavy atom. The molecule has 0 saturated carbocycles. The zero-order valence-electron chi connectivity index (χ0n) is 6.21. The van der Waals surface area contributed by atoms with E-state index in [1.807, 2.05) is 7.05 Å². The predicted molar refractivity (Wildman–Crippen MR) is 37.0 cm³/mol. The summed E-state index contributed by atoms with van der Waals surface area (Å²) in [6.07, 6.45) is 5.16. The van der Waals surface area contributed by atoms with E-state index in [1.54, 1.807) is 6.26 Å². The number of ether oxygens (including phenoxy) is 1. The first-order valence-electron chi connectivity index (χ1n) is 3.59. The standard InChI is InChI=1S/C7H12N2O/c1-9-5-3-2-4-7(9)10-6-8/h7H,2-5H2,1H3. The fraction of sp³-hybridized carbons (Fsp3) is 0.857. The first-order chi connectivity index (χ1) is 4.84. The smallest absolute Gasteiger partial charge is 0.287 e. The van der Waals surface area contributed by atoms with Gasteiger partial charge in [-0.1, -0.05) is 0 Å². The quantitative estimate of drug-likeness (QED) is 0.508. The van der Waals surface area contributed by atoms with Gasteiger partial charge in [-0.05, 0) is 26.3 Å². The van der Waals surface area contributed by atoms with Crippen LogP contribution in [0.4, 0.5) is 0 Å². The Morgan fingerprint density at radius 2 is 2.40 bits per heavy atom. The van der Waals surface area contributed by atoms with E-state index in [0.29, 0.717) is 0 Å². The molecule has 1 saturated heterocycles. The Bertz CT molecular complexity index is 141. The lowest BCUT2D eigenvalue weighted by atomic mass is 10.1. The third kappa shape index (κ3) is 1.61. The van der Waals surface area contributed by atoms with Gasteiger partial charge in [0.25, 0.3) is 6.26 Å². The lowest BCUT2D eigenvalue weighted by Gasteiger charge is -2.29. The summed E-state index contributed by atoms with van der Waals surface area (Å²) in [5, 5.41) is 8.24. The van der Waals surface area contributed by atoms with Gasteiger partial charge in [-0.15, -0.1) is 0 Å². The first-order valence-corrected chi connectivity index (χ1v) is 3.59. The second-order valence-electron chi connectivity index (χ2n) is 2.64. The number of hydrogen-bond acceptors (Lipinski definition) is 3. The zero-order valence-corrected chi connectivity index (χ0v) is 6.21. The maximum Gasteiger partial charge on any atom is 0.287 e. The van der Waals surface area contributed by atoms with Gasteiger partial charge in [0.1, 0.15) is 0 Å². The van der Waals surface area contributed by atoms with Crippen LogP contribution in [0.15, 0.2) is 0 Å². The summed E-state index contributed by atoms with van der Waals surface area (Å²) in [4.78, 5) is 2.08. The van der Waals surface area contributed by atoms with Crippen LogP contribution in [0.2, 0.25) is 0 Å². The molecule has 0 aromatic heterocycles. The van der Waals surface area contributed by atoms with Crippen molar-refractivity contribution < 1.29 is 4.74 Å². The van der Waals surface area contributed by atoms with Crippen LogP contribution < -0.4 is 0 Å². The molecule has 1 rings (SSSR count). The number of piperidine rings is 1. The molecule has 0 N–H and O–H groups in total. The van der Waals surface area contributed by atoms with Crippen molar-refractivity contribution in [3.05, 3.63) is 0 Å². The highest BCUT2D eigenvalue weighted by Gasteiger charge is 2.19. The summed E-state index contributed by atoms with van der Waals surface area (Å²) in [6.45, 7) is 1.05. The highest BCUT2D eigenvalue weighted by Crippen LogP contribution is 2.14. The molecular formula is C7H12N2O. The SMILES string of the molecule is CN1CCCCC1OC#N. The van der Waals surface area contributed by atoms with E-state index >= 15 is 0 Å². The van der Waals surface area contributed by atoms with E-state index in [1.165, 1.54) is 12.8 Å². The Kier molecular flexibility index (Phi) is 2.52. The van der Waals surface area contributed by atoms with E-state index in [4.69, 9.17) is 10.00 Å². The second-order valence-corrected chi connectivity index (χ2v) is 2.64. The minimum Gasteiger partial charge on any atom is -0.408 e. The van der Waals surface area contributed by atoms with E-state index in [2.05, 4.69) is 4.90 Å². The summed E-state index contributed by atoms with van der Waals surface area (Å²) in [5.41, 5.74) is 0. The average Bonchev–Trinajstić information content (AvgIpc) is 1.94. The molecule has 3 heteroatoms. The largest absolute Gasteiger partial charge is 0.408 e. The molecule has 0 aromatic carbocycles. The topological polar surface area (TPSA) is 36.3 Å². The van der Waals surface area contributed by atoms with Crippen LogP contribution in [-0.2, 0) is 4.74 Å². The van der Waals surface area contributed by atoms with Crippen LogP contribution in [-0.4, -0.2) is 24.7 Å². The van der Waals surface area contributed by atoms with Crippen molar-refractivity contribution in [2.75, 3.05) is 13.6 Å². The first kappa shape index (κ1) is 7.36. The van der Waals surface area contributed by atoms with Crippen LogP contribution in [0.5, 0.6) is 0 Å². The van der Waals surface area contributed by atoms with E-state index in [-0.39, 0.29) is 6.23 Å². The number of nitriles is 1. The zero-order chi connectivity index (χ0) is 7.40. The van der Waals surface area contributed by atoms with Crippen LogP contribution in [0.25, 0.3) is 0 Å². The Hall–Kier alpha value is -0.750. The lowest BCUT2D eigenvalue weighted by molar-refractivity contribution is -0.00864. The Balaban J connectivity index is 2.34. The minimum absolute atomic E-state index is 0.0405. The number of nitrogens with zero attached hydrogens (tertiary/aromatic N) is 2. The van der Waals surface area contributed by atoms with E-state index in [9.17, 15) is 0 Å². The lowest BCUT2D eigenvalue weighted by Crippen LogP contribution is -2.37. The van der Waals surface area contributed by atoms with Gasteiger partial charge in [0, 0.05) is 6.54 Å². The van der Waals surface area contributed by atoms with E-state index < -0.39 is 0 Å². The highest BCUT2D eigenvalue weighted by molar-refractivity contribution is 4.68. The van der Waals surface area contributed by atoms with Crippen LogP contribution in [0, 0.1) is 11.5 Å². The van der Waals surface area contributed by atoms with Gasteiger partial charge in [-0.3, -0.25) is 4.90 Å². The van der Waals surface area contributed by atoms with Gasteiger partial charge in [-0.2, -0.15) is 5.26 Å². The van der Waals surface area contributed by atoms with Gasteiger partial charge >= 0.3 is 0 Å². The summed E-state index contributed by atoms with van der Waals surface area (Å²) < 4.78 is 4.83. The van der Waals surface area contributed by atoms with Crippen molar-refractivity contribution in [1.29, 1.82) is 5.26 Å². The second kappa shape index (κ2) is 3.43. The minimum atomic E-state index is 0.0405. The molecule has 56 valence electrons. The van der Waals surface area contributed by atoms with Crippen LogP contribution >= 0.6 is 0 Å². The molecule has 3 nitrogen and oxygen atoms in total. The third-order valence-corrected chi connectivity index (χ3v) is 1.89. The molecular weight excluding hydrogens is 128 g/mol. The van der Waals surface area contributed by atoms with Crippen molar-refractivity contribution >= 4 is 0 Å². The molecule has 0 radical (unpaired) electrons. The molecule has 1 heterocycles. The molecule has 1 atom stereocenters. The van der Waals surface area contributed by atoms with Gasteiger partial charge in [0.15, 0.2) is 6.23 Å². The Morgan fingerprint density at radius 3 is 3.00 bits per heavy atom. The predicted octanol–water partition coefficient (Wildman–Crippen LogP) is 0.926. The summed E-state index contributed by atoms with van der Waals surface area (Å²) in [7, 11) is 1.99.